The summed E-state index contributed by atoms with van der Waals surface area (Å²) in [6.45, 7) is 0. The Morgan fingerprint density at radius 1 is 1.00 bits per heavy atom. The molecule has 0 N–H and O–H groups in total. The van der Waals surface area contributed by atoms with E-state index in [2.05, 4.69) is 4.98 Å². The Balaban J connectivity index is 2.45. The second-order valence-corrected chi connectivity index (χ2v) is 4.14. The molecule has 1 aromatic carbocycles. The van der Waals surface area contributed by atoms with Crippen molar-refractivity contribution < 1.29 is 0 Å². The third-order valence-electron chi connectivity index (χ3n) is 2.65. The molecule has 5 heteroatoms. The van der Waals surface area contributed by atoms with Crippen LogP contribution in [0.1, 0.15) is 0 Å². The molecule has 0 amide bonds. The lowest BCUT2D eigenvalue weighted by atomic mass is 10.3. The zero-order valence-electron chi connectivity index (χ0n) is 9.35. The van der Waals surface area contributed by atoms with Gasteiger partial charge in [-0.15, -0.1) is 0 Å². The van der Waals surface area contributed by atoms with E-state index in [1.54, 1.807) is 18.3 Å². The van der Waals surface area contributed by atoms with E-state index in [0.717, 1.165) is 5.69 Å². The molecular weight excluding hydrogens is 246 g/mol. The van der Waals surface area contributed by atoms with Gasteiger partial charge >= 0.3 is 5.69 Å². The summed E-state index contributed by atoms with van der Waals surface area (Å²) >= 11 is 5.19. The SMILES string of the molecule is O=c1n(-c2ccccc2)c(=S)nc2ccccn12. The molecule has 3 rings (SSSR count). The van der Waals surface area contributed by atoms with Crippen molar-refractivity contribution in [1.29, 1.82) is 0 Å². The number of hydrogen-bond acceptors (Lipinski definition) is 3. The van der Waals surface area contributed by atoms with Gasteiger partial charge in [0.05, 0.1) is 5.69 Å². The number of rotatable bonds is 1. The van der Waals surface area contributed by atoms with Gasteiger partial charge in [-0.25, -0.2) is 14.3 Å². The van der Waals surface area contributed by atoms with Gasteiger partial charge in [0.1, 0.15) is 5.65 Å². The van der Waals surface area contributed by atoms with Gasteiger partial charge in [-0.1, -0.05) is 24.3 Å². The minimum atomic E-state index is -0.211. The summed E-state index contributed by atoms with van der Waals surface area (Å²) in [5, 5.41) is 0. The topological polar surface area (TPSA) is 39.3 Å². The molecule has 88 valence electrons. The number of fused-ring (bicyclic) bond motifs is 1. The number of pyridine rings is 1. The van der Waals surface area contributed by atoms with Crippen molar-refractivity contribution in [3.8, 4) is 5.69 Å². The van der Waals surface area contributed by atoms with Crippen molar-refractivity contribution in [3.63, 3.8) is 0 Å². The summed E-state index contributed by atoms with van der Waals surface area (Å²) in [5.74, 6) is 0. The molecule has 2 aromatic heterocycles. The Bertz CT molecular complexity index is 821. The largest absolute Gasteiger partial charge is 0.340 e. The Labute approximate surface area is 108 Å². The average molecular weight is 255 g/mol. The van der Waals surface area contributed by atoms with Gasteiger partial charge in [0.25, 0.3) is 0 Å². The maximum Gasteiger partial charge on any atom is 0.340 e. The zero-order valence-corrected chi connectivity index (χ0v) is 10.2. The standard InChI is InChI=1S/C13H9N3OS/c17-13-15-9-5-4-8-11(15)14-12(18)16(13)10-6-2-1-3-7-10/h1-9H. The molecule has 0 fully saturated rings. The van der Waals surface area contributed by atoms with Crippen molar-refractivity contribution in [1.82, 2.24) is 14.0 Å². The summed E-state index contributed by atoms with van der Waals surface area (Å²) in [4.78, 5) is 16.6. The molecule has 0 aliphatic rings. The summed E-state index contributed by atoms with van der Waals surface area (Å²) in [5.41, 5.74) is 1.06. The molecule has 0 unspecified atom stereocenters. The fraction of sp³-hybridized carbons (Fsp3) is 0. The minimum Gasteiger partial charge on any atom is -0.252 e. The highest BCUT2D eigenvalue weighted by Gasteiger charge is 2.05. The molecule has 3 aromatic rings. The first-order valence-corrected chi connectivity index (χ1v) is 5.84. The van der Waals surface area contributed by atoms with Crippen molar-refractivity contribution in [3.05, 3.63) is 70.0 Å². The van der Waals surface area contributed by atoms with Crippen LogP contribution in [0.15, 0.2) is 59.5 Å². The minimum absolute atomic E-state index is 0.211. The van der Waals surface area contributed by atoms with Crippen molar-refractivity contribution in [2.75, 3.05) is 0 Å². The van der Waals surface area contributed by atoms with E-state index in [1.165, 1.54) is 8.97 Å². The highest BCUT2D eigenvalue weighted by molar-refractivity contribution is 7.71. The lowest BCUT2D eigenvalue weighted by Crippen LogP contribution is -2.27. The average Bonchev–Trinajstić information content (AvgIpc) is 2.40. The van der Waals surface area contributed by atoms with Gasteiger partial charge in [-0.2, -0.15) is 0 Å². The second-order valence-electron chi connectivity index (χ2n) is 3.78. The van der Waals surface area contributed by atoms with E-state index in [0.29, 0.717) is 5.65 Å². The number of nitrogens with zero attached hydrogens (tertiary/aromatic N) is 3. The summed E-state index contributed by atoms with van der Waals surface area (Å²) in [7, 11) is 0. The number of aromatic nitrogens is 3. The fourth-order valence-electron chi connectivity index (χ4n) is 1.82. The van der Waals surface area contributed by atoms with Crippen molar-refractivity contribution in [2.45, 2.75) is 0 Å². The van der Waals surface area contributed by atoms with E-state index in [9.17, 15) is 4.79 Å². The molecule has 0 saturated carbocycles. The van der Waals surface area contributed by atoms with Crippen LogP contribution >= 0.6 is 12.2 Å². The first-order chi connectivity index (χ1) is 8.77. The quantitative estimate of drug-likeness (QED) is 0.626. The lowest BCUT2D eigenvalue weighted by Gasteiger charge is -2.07. The van der Waals surface area contributed by atoms with Crippen molar-refractivity contribution >= 4 is 17.9 Å². The molecule has 0 aliphatic carbocycles. The predicted molar refractivity (Wildman–Crippen MR) is 71.6 cm³/mol. The molecule has 0 saturated heterocycles. The Morgan fingerprint density at radius 3 is 2.50 bits per heavy atom. The van der Waals surface area contributed by atoms with E-state index in [1.807, 2.05) is 36.4 Å². The number of benzene rings is 1. The van der Waals surface area contributed by atoms with Crippen LogP contribution in [0.3, 0.4) is 0 Å². The van der Waals surface area contributed by atoms with Crippen LogP contribution in [0, 0.1) is 4.77 Å². The molecule has 0 spiro atoms. The number of hydrogen-bond donors (Lipinski definition) is 0. The van der Waals surface area contributed by atoms with Crippen molar-refractivity contribution in [2.24, 2.45) is 0 Å². The summed E-state index contributed by atoms with van der Waals surface area (Å²) < 4.78 is 3.16. The Morgan fingerprint density at radius 2 is 1.72 bits per heavy atom. The molecule has 0 aliphatic heterocycles. The fourth-order valence-corrected chi connectivity index (χ4v) is 2.10. The molecule has 0 atom stereocenters. The van der Waals surface area contributed by atoms with E-state index < -0.39 is 0 Å². The summed E-state index contributed by atoms with van der Waals surface area (Å²) in [6, 6.07) is 14.6. The highest BCUT2D eigenvalue weighted by atomic mass is 32.1. The van der Waals surface area contributed by atoms with Gasteiger partial charge in [0.15, 0.2) is 0 Å². The molecule has 18 heavy (non-hydrogen) atoms. The third kappa shape index (κ3) is 1.65. The molecular formula is C13H9N3OS. The maximum absolute atomic E-state index is 12.4. The van der Waals surface area contributed by atoms with E-state index in [4.69, 9.17) is 12.2 Å². The molecule has 0 radical (unpaired) electrons. The highest BCUT2D eigenvalue weighted by Crippen LogP contribution is 2.05. The Kier molecular flexibility index (Phi) is 2.53. The predicted octanol–water partition coefficient (Wildman–Crippen LogP) is 2.21. The van der Waals surface area contributed by atoms with E-state index in [-0.39, 0.29) is 10.5 Å². The van der Waals surface area contributed by atoms with Gasteiger partial charge in [0, 0.05) is 6.20 Å². The van der Waals surface area contributed by atoms with Gasteiger partial charge in [0.2, 0.25) is 4.77 Å². The smallest absolute Gasteiger partial charge is 0.252 e. The van der Waals surface area contributed by atoms with Gasteiger partial charge in [-0.3, -0.25) is 4.40 Å². The van der Waals surface area contributed by atoms with Crippen LogP contribution in [0.25, 0.3) is 11.3 Å². The first kappa shape index (κ1) is 10.9. The Hall–Kier alpha value is -2.27. The normalized spacial score (nSPS) is 10.7. The first-order valence-electron chi connectivity index (χ1n) is 5.43. The summed E-state index contributed by atoms with van der Waals surface area (Å²) in [6.07, 6.45) is 1.68. The van der Waals surface area contributed by atoms with E-state index >= 15 is 0 Å². The monoisotopic (exact) mass is 255 g/mol. The van der Waals surface area contributed by atoms with Crippen LogP contribution in [0.5, 0.6) is 0 Å². The van der Waals surface area contributed by atoms with Crippen LogP contribution in [-0.2, 0) is 0 Å². The molecule has 2 heterocycles. The van der Waals surface area contributed by atoms with Gasteiger partial charge < -0.3 is 0 Å². The van der Waals surface area contributed by atoms with Gasteiger partial charge in [-0.05, 0) is 36.5 Å². The lowest BCUT2D eigenvalue weighted by molar-refractivity contribution is 0.819. The number of para-hydroxylation sites is 1. The third-order valence-corrected chi connectivity index (χ3v) is 2.93. The van der Waals surface area contributed by atoms with Crippen LogP contribution in [0.2, 0.25) is 0 Å². The zero-order chi connectivity index (χ0) is 12.5. The molecule has 0 bridgehead atoms. The van der Waals surface area contributed by atoms with Crippen LogP contribution in [-0.4, -0.2) is 14.0 Å². The maximum atomic E-state index is 12.4. The second kappa shape index (κ2) is 4.19. The van der Waals surface area contributed by atoms with Crippen LogP contribution < -0.4 is 5.69 Å². The van der Waals surface area contributed by atoms with Crippen LogP contribution in [0.4, 0.5) is 0 Å². The molecule has 4 nitrogen and oxygen atoms in total.